The van der Waals surface area contributed by atoms with Crippen LogP contribution in [0.15, 0.2) is 0 Å². The van der Waals surface area contributed by atoms with Crippen molar-refractivity contribution in [2.45, 2.75) is 39.0 Å². The minimum atomic E-state index is -3.32. The number of hydrogen-bond acceptors (Lipinski definition) is 1. The predicted molar refractivity (Wildman–Crippen MR) is 40.5 cm³/mol. The summed E-state index contributed by atoms with van der Waals surface area (Å²) in [5.41, 5.74) is -1.18. The van der Waals surface area contributed by atoms with Crippen molar-refractivity contribution in [1.82, 2.24) is 4.90 Å². The van der Waals surface area contributed by atoms with Crippen LogP contribution in [0.25, 0.3) is 0 Å². The van der Waals surface area contributed by atoms with E-state index in [1.54, 1.807) is 0 Å². The lowest BCUT2D eigenvalue weighted by Crippen LogP contribution is -2.52. The fourth-order valence-corrected chi connectivity index (χ4v) is 0.875. The van der Waals surface area contributed by atoms with Crippen LogP contribution in [0.2, 0.25) is 0 Å². The number of rotatable bonds is 2. The molecule has 1 N–H and O–H groups in total. The quantitative estimate of drug-likeness (QED) is 0.693. The fourth-order valence-electron chi connectivity index (χ4n) is 0.875. The first-order chi connectivity index (χ1) is 5.68. The second-order valence-corrected chi connectivity index (χ2v) is 3.53. The number of carboxylic acid groups (broad SMARTS) is 1. The van der Waals surface area contributed by atoms with Crippen LogP contribution in [0.3, 0.4) is 0 Å². The molecule has 0 aromatic heterocycles. The van der Waals surface area contributed by atoms with Gasteiger partial charge < -0.3 is 5.11 Å². The molecule has 78 valence electrons. The van der Waals surface area contributed by atoms with Crippen LogP contribution in [0.5, 0.6) is 0 Å². The normalized spacial score (nSPS) is 14.4. The lowest BCUT2D eigenvalue weighted by molar-refractivity contribution is -0.0702. The highest BCUT2D eigenvalue weighted by Crippen LogP contribution is 2.21. The lowest BCUT2D eigenvalue weighted by atomic mass is 10.1. The first kappa shape index (κ1) is 12.1. The van der Waals surface area contributed by atoms with Gasteiger partial charge in [-0.05, 0) is 20.8 Å². The second-order valence-electron chi connectivity index (χ2n) is 3.53. The van der Waals surface area contributed by atoms with E-state index < -0.39 is 24.4 Å². The van der Waals surface area contributed by atoms with Gasteiger partial charge in [-0.2, -0.15) is 0 Å². The van der Waals surface area contributed by atoms with E-state index in [9.17, 15) is 18.0 Å². The van der Waals surface area contributed by atoms with E-state index in [4.69, 9.17) is 5.11 Å². The zero-order chi connectivity index (χ0) is 10.8. The molecular formula is C7H12F3NO2. The molecule has 0 aliphatic heterocycles. The van der Waals surface area contributed by atoms with Crippen LogP contribution in [0.1, 0.15) is 20.8 Å². The molecule has 0 saturated carbocycles. The summed E-state index contributed by atoms with van der Waals surface area (Å²) in [4.78, 5) is 10.5. The summed E-state index contributed by atoms with van der Waals surface area (Å²) in [6, 6.07) is 0. The molecule has 0 heterocycles. The van der Waals surface area contributed by atoms with Crippen molar-refractivity contribution in [3.63, 3.8) is 0 Å². The standard InChI is InChI=1S/C7H12F3NO2/c1-7(2,3)11(6(12)13)5(10)4(8)9/h4-5H,1-3H3,(H,12,13). The highest BCUT2D eigenvalue weighted by Gasteiger charge is 2.38. The Bertz CT molecular complexity index is 191. The first-order valence-corrected chi connectivity index (χ1v) is 3.62. The first-order valence-electron chi connectivity index (χ1n) is 3.62. The van der Waals surface area contributed by atoms with Crippen molar-refractivity contribution >= 4 is 6.09 Å². The molecule has 1 unspecified atom stereocenters. The Morgan fingerprint density at radius 2 is 1.69 bits per heavy atom. The van der Waals surface area contributed by atoms with Gasteiger partial charge in [0.2, 0.25) is 6.30 Å². The van der Waals surface area contributed by atoms with Crippen molar-refractivity contribution < 1.29 is 23.1 Å². The Morgan fingerprint density at radius 1 is 1.31 bits per heavy atom. The number of alkyl halides is 3. The van der Waals surface area contributed by atoms with Crippen molar-refractivity contribution in [1.29, 1.82) is 0 Å². The van der Waals surface area contributed by atoms with Gasteiger partial charge >= 0.3 is 6.09 Å². The summed E-state index contributed by atoms with van der Waals surface area (Å²) in [6.07, 6.45) is -7.80. The summed E-state index contributed by atoms with van der Waals surface area (Å²) < 4.78 is 36.5. The molecule has 13 heavy (non-hydrogen) atoms. The van der Waals surface area contributed by atoms with E-state index in [0.29, 0.717) is 0 Å². The predicted octanol–water partition coefficient (Wildman–Crippen LogP) is 2.33. The Kier molecular flexibility index (Phi) is 3.57. The van der Waals surface area contributed by atoms with Gasteiger partial charge in [-0.25, -0.2) is 18.0 Å². The number of carbonyl (C=O) groups is 1. The van der Waals surface area contributed by atoms with Crippen LogP contribution in [-0.2, 0) is 0 Å². The molecular weight excluding hydrogens is 187 g/mol. The minimum Gasteiger partial charge on any atom is -0.465 e. The Balaban J connectivity index is 4.72. The van der Waals surface area contributed by atoms with Gasteiger partial charge in [0, 0.05) is 5.54 Å². The molecule has 0 saturated heterocycles. The van der Waals surface area contributed by atoms with Crippen LogP contribution in [-0.4, -0.2) is 34.4 Å². The molecule has 3 nitrogen and oxygen atoms in total. The van der Waals surface area contributed by atoms with Gasteiger partial charge in [0.05, 0.1) is 0 Å². The van der Waals surface area contributed by atoms with Gasteiger partial charge in [-0.15, -0.1) is 0 Å². The van der Waals surface area contributed by atoms with E-state index in [2.05, 4.69) is 0 Å². The summed E-state index contributed by atoms with van der Waals surface area (Å²) in [5, 5.41) is 8.48. The average Bonchev–Trinajstić information content (AvgIpc) is 1.82. The minimum absolute atomic E-state index is 0.0949. The molecule has 1 amide bonds. The molecule has 0 radical (unpaired) electrons. The highest BCUT2D eigenvalue weighted by atomic mass is 19.3. The molecule has 0 aliphatic carbocycles. The zero-order valence-electron chi connectivity index (χ0n) is 7.59. The maximum atomic E-state index is 12.7. The zero-order valence-corrected chi connectivity index (χ0v) is 7.59. The molecule has 0 aromatic rings. The Labute approximate surface area is 74.1 Å². The van der Waals surface area contributed by atoms with E-state index in [1.807, 2.05) is 0 Å². The third-order valence-electron chi connectivity index (χ3n) is 1.38. The van der Waals surface area contributed by atoms with Crippen LogP contribution >= 0.6 is 0 Å². The smallest absolute Gasteiger partial charge is 0.410 e. The van der Waals surface area contributed by atoms with Crippen LogP contribution in [0, 0.1) is 0 Å². The number of amides is 1. The molecule has 0 aromatic carbocycles. The Hall–Kier alpha value is -0.940. The van der Waals surface area contributed by atoms with Gasteiger partial charge in [-0.1, -0.05) is 0 Å². The lowest BCUT2D eigenvalue weighted by Gasteiger charge is -2.34. The van der Waals surface area contributed by atoms with E-state index in [-0.39, 0.29) is 4.90 Å². The maximum Gasteiger partial charge on any atom is 0.410 e. The third kappa shape index (κ3) is 3.12. The largest absolute Gasteiger partial charge is 0.465 e. The molecule has 1 atom stereocenters. The summed E-state index contributed by atoms with van der Waals surface area (Å²) in [6.45, 7) is 4.03. The van der Waals surface area contributed by atoms with E-state index >= 15 is 0 Å². The molecule has 0 spiro atoms. The van der Waals surface area contributed by atoms with Gasteiger partial charge in [0.15, 0.2) is 0 Å². The second kappa shape index (κ2) is 3.85. The number of halogens is 3. The summed E-state index contributed by atoms with van der Waals surface area (Å²) in [7, 11) is 0. The van der Waals surface area contributed by atoms with Gasteiger partial charge in [0.25, 0.3) is 6.43 Å². The molecule has 0 rings (SSSR count). The molecule has 0 bridgehead atoms. The number of nitrogens with zero attached hydrogens (tertiary/aromatic N) is 1. The van der Waals surface area contributed by atoms with Crippen LogP contribution in [0.4, 0.5) is 18.0 Å². The highest BCUT2D eigenvalue weighted by molar-refractivity contribution is 5.66. The van der Waals surface area contributed by atoms with E-state index in [0.717, 1.165) is 0 Å². The molecule has 6 heteroatoms. The fraction of sp³-hybridized carbons (Fsp3) is 0.857. The SMILES string of the molecule is CC(C)(C)N(C(=O)O)C(F)C(F)F. The Morgan fingerprint density at radius 3 is 1.77 bits per heavy atom. The van der Waals surface area contributed by atoms with Crippen molar-refractivity contribution in [2.24, 2.45) is 0 Å². The number of hydrogen-bond donors (Lipinski definition) is 1. The maximum absolute atomic E-state index is 12.7. The average molecular weight is 199 g/mol. The van der Waals surface area contributed by atoms with Gasteiger partial charge in [-0.3, -0.25) is 4.90 Å². The van der Waals surface area contributed by atoms with E-state index in [1.165, 1.54) is 20.8 Å². The van der Waals surface area contributed by atoms with Crippen molar-refractivity contribution in [2.75, 3.05) is 0 Å². The van der Waals surface area contributed by atoms with Gasteiger partial charge in [0.1, 0.15) is 0 Å². The summed E-state index contributed by atoms with van der Waals surface area (Å²) >= 11 is 0. The molecule has 0 aliphatic rings. The monoisotopic (exact) mass is 199 g/mol. The summed E-state index contributed by atoms with van der Waals surface area (Å²) in [5.74, 6) is 0. The van der Waals surface area contributed by atoms with Crippen molar-refractivity contribution in [3.05, 3.63) is 0 Å². The van der Waals surface area contributed by atoms with Crippen LogP contribution < -0.4 is 0 Å². The topological polar surface area (TPSA) is 40.5 Å². The third-order valence-corrected chi connectivity index (χ3v) is 1.38. The van der Waals surface area contributed by atoms with Crippen molar-refractivity contribution in [3.8, 4) is 0 Å². The molecule has 0 fully saturated rings.